The Balaban J connectivity index is 1.89. The molecule has 1 aromatic carbocycles. The van der Waals surface area contributed by atoms with E-state index in [2.05, 4.69) is 4.90 Å². The van der Waals surface area contributed by atoms with Crippen molar-refractivity contribution in [3.63, 3.8) is 0 Å². The van der Waals surface area contributed by atoms with E-state index < -0.39 is 0 Å². The summed E-state index contributed by atoms with van der Waals surface area (Å²) in [7, 11) is 0. The minimum atomic E-state index is -0.339. The van der Waals surface area contributed by atoms with Crippen LogP contribution >= 0.6 is 0 Å². The standard InChI is InChI=1S/C14H20N4O3/c15-14(19)6-3-7-16-8-10-17(11-9-16)12-4-1-2-5-13(12)18(20)21/h1-2,4-5H,3,6-11H2,(H2,15,19). The number of benzene rings is 1. The van der Waals surface area contributed by atoms with Gasteiger partial charge in [0.2, 0.25) is 5.91 Å². The molecule has 1 aliphatic heterocycles. The van der Waals surface area contributed by atoms with Crippen molar-refractivity contribution in [1.82, 2.24) is 4.90 Å². The predicted octanol–water partition coefficient (Wildman–Crippen LogP) is 0.982. The molecule has 0 spiro atoms. The second-order valence-electron chi connectivity index (χ2n) is 5.14. The summed E-state index contributed by atoms with van der Waals surface area (Å²) >= 11 is 0. The van der Waals surface area contributed by atoms with Gasteiger partial charge in [0.05, 0.1) is 4.92 Å². The van der Waals surface area contributed by atoms with E-state index in [0.29, 0.717) is 12.1 Å². The highest BCUT2D eigenvalue weighted by molar-refractivity contribution is 5.73. The third kappa shape index (κ3) is 4.16. The van der Waals surface area contributed by atoms with Gasteiger partial charge in [0.15, 0.2) is 0 Å². The van der Waals surface area contributed by atoms with E-state index in [1.165, 1.54) is 6.07 Å². The number of nitrogens with two attached hydrogens (primary N) is 1. The molecule has 0 unspecified atom stereocenters. The molecule has 0 aromatic heterocycles. The molecule has 1 aromatic rings. The van der Waals surface area contributed by atoms with Crippen molar-refractivity contribution in [3.05, 3.63) is 34.4 Å². The second kappa shape index (κ2) is 7.03. The van der Waals surface area contributed by atoms with Crippen LogP contribution in [0.4, 0.5) is 11.4 Å². The lowest BCUT2D eigenvalue weighted by atomic mass is 10.2. The molecule has 2 N–H and O–H groups in total. The Morgan fingerprint density at radius 3 is 2.52 bits per heavy atom. The number of nitro benzene ring substituents is 1. The van der Waals surface area contributed by atoms with Crippen molar-refractivity contribution in [2.45, 2.75) is 12.8 Å². The van der Waals surface area contributed by atoms with Gasteiger partial charge in [-0.15, -0.1) is 0 Å². The third-order valence-corrected chi connectivity index (χ3v) is 3.69. The highest BCUT2D eigenvalue weighted by Gasteiger charge is 2.22. The summed E-state index contributed by atoms with van der Waals surface area (Å²) in [5, 5.41) is 11.1. The zero-order chi connectivity index (χ0) is 15.2. The van der Waals surface area contributed by atoms with Gasteiger partial charge in [0, 0.05) is 38.7 Å². The van der Waals surface area contributed by atoms with Crippen LogP contribution in [0, 0.1) is 10.1 Å². The second-order valence-corrected chi connectivity index (χ2v) is 5.14. The largest absolute Gasteiger partial charge is 0.370 e. The van der Waals surface area contributed by atoms with Crippen LogP contribution in [-0.4, -0.2) is 48.5 Å². The molecular formula is C14H20N4O3. The Kier molecular flexibility index (Phi) is 5.10. The van der Waals surface area contributed by atoms with E-state index in [4.69, 9.17) is 5.73 Å². The molecule has 0 atom stereocenters. The van der Waals surface area contributed by atoms with Gasteiger partial charge < -0.3 is 10.6 Å². The Morgan fingerprint density at radius 1 is 1.24 bits per heavy atom. The average molecular weight is 292 g/mol. The van der Waals surface area contributed by atoms with Crippen molar-refractivity contribution in [1.29, 1.82) is 0 Å². The van der Waals surface area contributed by atoms with Crippen LogP contribution in [-0.2, 0) is 4.79 Å². The maximum absolute atomic E-state index is 11.1. The molecule has 0 radical (unpaired) electrons. The van der Waals surface area contributed by atoms with Crippen LogP contribution in [0.5, 0.6) is 0 Å². The number of nitro groups is 1. The number of carbonyl (C=O) groups is 1. The minimum Gasteiger partial charge on any atom is -0.370 e. The van der Waals surface area contributed by atoms with Crippen molar-refractivity contribution in [2.24, 2.45) is 5.73 Å². The van der Waals surface area contributed by atoms with Crippen LogP contribution in [0.25, 0.3) is 0 Å². The van der Waals surface area contributed by atoms with Crippen molar-refractivity contribution in [3.8, 4) is 0 Å². The van der Waals surface area contributed by atoms with E-state index in [0.717, 1.165) is 39.1 Å². The number of hydrogen-bond donors (Lipinski definition) is 1. The highest BCUT2D eigenvalue weighted by Crippen LogP contribution is 2.28. The molecule has 7 heteroatoms. The number of piperazine rings is 1. The zero-order valence-electron chi connectivity index (χ0n) is 11.9. The van der Waals surface area contributed by atoms with E-state index in [9.17, 15) is 14.9 Å². The molecular weight excluding hydrogens is 272 g/mol. The number of hydrogen-bond acceptors (Lipinski definition) is 5. The smallest absolute Gasteiger partial charge is 0.292 e. The van der Waals surface area contributed by atoms with Crippen LogP contribution in [0.1, 0.15) is 12.8 Å². The van der Waals surface area contributed by atoms with Crippen molar-refractivity contribution >= 4 is 17.3 Å². The Labute approximate surface area is 123 Å². The molecule has 1 heterocycles. The van der Waals surface area contributed by atoms with E-state index in [-0.39, 0.29) is 16.5 Å². The quantitative estimate of drug-likeness (QED) is 0.623. The number of primary amides is 1. The van der Waals surface area contributed by atoms with Gasteiger partial charge in [-0.25, -0.2) is 0 Å². The fourth-order valence-electron chi connectivity index (χ4n) is 2.58. The number of carbonyl (C=O) groups excluding carboxylic acids is 1. The lowest BCUT2D eigenvalue weighted by molar-refractivity contribution is -0.384. The normalized spacial score (nSPS) is 15.9. The van der Waals surface area contributed by atoms with Gasteiger partial charge in [0.1, 0.15) is 5.69 Å². The molecule has 21 heavy (non-hydrogen) atoms. The first-order valence-electron chi connectivity index (χ1n) is 7.07. The fraction of sp³-hybridized carbons (Fsp3) is 0.500. The number of anilines is 1. The van der Waals surface area contributed by atoms with Crippen LogP contribution in [0.3, 0.4) is 0 Å². The van der Waals surface area contributed by atoms with E-state index in [1.54, 1.807) is 12.1 Å². The summed E-state index contributed by atoms with van der Waals surface area (Å²) in [6.07, 6.45) is 1.17. The lowest BCUT2D eigenvalue weighted by Gasteiger charge is -2.35. The van der Waals surface area contributed by atoms with Gasteiger partial charge in [-0.2, -0.15) is 0 Å². The van der Waals surface area contributed by atoms with Gasteiger partial charge in [0.25, 0.3) is 5.69 Å². The first-order chi connectivity index (χ1) is 10.1. The van der Waals surface area contributed by atoms with Crippen LogP contribution in [0.2, 0.25) is 0 Å². The van der Waals surface area contributed by atoms with Crippen molar-refractivity contribution < 1.29 is 9.72 Å². The molecule has 0 aliphatic carbocycles. The van der Waals surface area contributed by atoms with E-state index in [1.807, 2.05) is 11.0 Å². The van der Waals surface area contributed by atoms with E-state index >= 15 is 0 Å². The molecule has 114 valence electrons. The molecule has 1 amide bonds. The van der Waals surface area contributed by atoms with Crippen LogP contribution < -0.4 is 10.6 Å². The Bertz CT molecular complexity index is 513. The monoisotopic (exact) mass is 292 g/mol. The highest BCUT2D eigenvalue weighted by atomic mass is 16.6. The maximum Gasteiger partial charge on any atom is 0.292 e. The average Bonchev–Trinajstić information content (AvgIpc) is 2.47. The minimum absolute atomic E-state index is 0.152. The Morgan fingerprint density at radius 2 is 1.90 bits per heavy atom. The molecule has 0 saturated carbocycles. The summed E-state index contributed by atoms with van der Waals surface area (Å²) in [4.78, 5) is 25.7. The molecule has 1 fully saturated rings. The zero-order valence-corrected chi connectivity index (χ0v) is 11.9. The summed E-state index contributed by atoms with van der Waals surface area (Å²) in [5.74, 6) is -0.270. The summed E-state index contributed by atoms with van der Waals surface area (Å²) in [6, 6.07) is 6.83. The molecule has 2 rings (SSSR count). The first kappa shape index (κ1) is 15.2. The van der Waals surface area contributed by atoms with Gasteiger partial charge in [-0.1, -0.05) is 12.1 Å². The van der Waals surface area contributed by atoms with Crippen molar-refractivity contribution in [2.75, 3.05) is 37.6 Å². The number of rotatable bonds is 6. The Hall–Kier alpha value is -2.15. The topological polar surface area (TPSA) is 92.7 Å². The van der Waals surface area contributed by atoms with Crippen LogP contribution in [0.15, 0.2) is 24.3 Å². The van der Waals surface area contributed by atoms with Gasteiger partial charge in [-0.05, 0) is 19.0 Å². The third-order valence-electron chi connectivity index (χ3n) is 3.69. The predicted molar refractivity (Wildman–Crippen MR) is 80.2 cm³/mol. The number of amides is 1. The summed E-state index contributed by atoms with van der Waals surface area (Å²) in [6.45, 7) is 4.02. The SMILES string of the molecule is NC(=O)CCCN1CCN(c2ccccc2[N+](=O)[O-])CC1. The maximum atomic E-state index is 11.1. The molecule has 1 aliphatic rings. The fourth-order valence-corrected chi connectivity index (χ4v) is 2.58. The first-order valence-corrected chi connectivity index (χ1v) is 7.07. The van der Waals surface area contributed by atoms with Gasteiger partial charge in [-0.3, -0.25) is 19.8 Å². The number of para-hydroxylation sites is 2. The van der Waals surface area contributed by atoms with Gasteiger partial charge >= 0.3 is 0 Å². The lowest BCUT2D eigenvalue weighted by Crippen LogP contribution is -2.46. The molecule has 0 bridgehead atoms. The summed E-state index contributed by atoms with van der Waals surface area (Å²) < 4.78 is 0. The summed E-state index contributed by atoms with van der Waals surface area (Å²) in [5.41, 5.74) is 5.95. The molecule has 1 saturated heterocycles. The molecule has 7 nitrogen and oxygen atoms in total. The number of nitrogens with zero attached hydrogens (tertiary/aromatic N) is 3.